The molecule has 0 aliphatic carbocycles. The molecule has 2 heterocycles. The summed E-state index contributed by atoms with van der Waals surface area (Å²) in [6.45, 7) is 7.10. The van der Waals surface area contributed by atoms with Gasteiger partial charge in [0.25, 0.3) is 0 Å². The molecule has 30 heavy (non-hydrogen) atoms. The van der Waals surface area contributed by atoms with E-state index >= 15 is 0 Å². The van der Waals surface area contributed by atoms with E-state index in [0.717, 1.165) is 45.8 Å². The van der Waals surface area contributed by atoms with Crippen molar-refractivity contribution in [2.75, 3.05) is 5.32 Å². The zero-order chi connectivity index (χ0) is 22.5. The van der Waals surface area contributed by atoms with Gasteiger partial charge in [-0.05, 0) is 32.0 Å². The topological polar surface area (TPSA) is 92.9 Å². The van der Waals surface area contributed by atoms with Gasteiger partial charge in [-0.3, -0.25) is 0 Å². The van der Waals surface area contributed by atoms with E-state index < -0.39 is 12.1 Å². The van der Waals surface area contributed by atoms with Crippen LogP contribution in [0.25, 0.3) is 11.0 Å². The van der Waals surface area contributed by atoms with Crippen molar-refractivity contribution in [3.63, 3.8) is 0 Å². The molecule has 2 aromatic heterocycles. The summed E-state index contributed by atoms with van der Waals surface area (Å²) in [6.07, 6.45) is -0.276. The van der Waals surface area contributed by atoms with E-state index in [9.17, 15) is 13.2 Å². The Hall–Kier alpha value is -2.69. The van der Waals surface area contributed by atoms with E-state index in [1.165, 1.54) is 0 Å². The van der Waals surface area contributed by atoms with Gasteiger partial charge in [-0.2, -0.15) is 13.2 Å². The molecule has 0 amide bonds. The molecule has 3 rings (SSSR count). The predicted molar refractivity (Wildman–Crippen MR) is 110 cm³/mol. The van der Waals surface area contributed by atoms with Crippen molar-refractivity contribution in [2.24, 2.45) is 0 Å². The number of alkyl halides is 3. The first-order valence-corrected chi connectivity index (χ1v) is 9.81. The number of aryl methyl sites for hydroxylation is 2. The fraction of sp³-hybridized carbons (Fsp3) is 0.368. The lowest BCUT2D eigenvalue weighted by Crippen LogP contribution is -2.24. The molecule has 1 atom stereocenters. The van der Waals surface area contributed by atoms with Crippen LogP contribution in [0.4, 0.5) is 19.0 Å². The Morgan fingerprint density at radius 2 is 1.97 bits per heavy atom. The molecule has 162 valence electrons. The van der Waals surface area contributed by atoms with Crippen molar-refractivity contribution in [1.82, 2.24) is 19.5 Å². The molecule has 1 unspecified atom stereocenters. The van der Waals surface area contributed by atoms with Crippen LogP contribution in [-0.4, -0.2) is 42.8 Å². The summed E-state index contributed by atoms with van der Waals surface area (Å²) in [7, 11) is 0. The Morgan fingerprint density at radius 1 is 1.30 bits per heavy atom. The number of carbonyl (C=O) groups is 1. The highest BCUT2D eigenvalue weighted by Crippen LogP contribution is 2.21. The first-order valence-electron chi connectivity index (χ1n) is 9.01. The van der Waals surface area contributed by atoms with Crippen molar-refractivity contribution in [2.45, 2.75) is 46.0 Å². The number of carboxylic acids is 1. The van der Waals surface area contributed by atoms with Crippen LogP contribution in [0, 0.1) is 6.92 Å². The van der Waals surface area contributed by atoms with E-state index in [-0.39, 0.29) is 6.04 Å². The predicted octanol–water partition coefficient (Wildman–Crippen LogP) is 4.59. The van der Waals surface area contributed by atoms with Crippen LogP contribution in [0.5, 0.6) is 0 Å². The van der Waals surface area contributed by atoms with Crippen molar-refractivity contribution < 1.29 is 23.1 Å². The summed E-state index contributed by atoms with van der Waals surface area (Å²) in [4.78, 5) is 22.6. The van der Waals surface area contributed by atoms with E-state index in [2.05, 4.69) is 49.6 Å². The molecule has 7 nitrogen and oxygen atoms in total. The van der Waals surface area contributed by atoms with Crippen LogP contribution < -0.4 is 5.32 Å². The maximum absolute atomic E-state index is 10.6. The molecule has 3 aromatic rings. The lowest BCUT2D eigenvalue weighted by atomic mass is 10.2. The third-order valence-corrected chi connectivity index (χ3v) is 4.51. The number of hydrogen-bond acceptors (Lipinski definition) is 5. The molecular weight excluding hydrogens is 467 g/mol. The van der Waals surface area contributed by atoms with Gasteiger partial charge in [0, 0.05) is 35.9 Å². The van der Waals surface area contributed by atoms with E-state index in [1.54, 1.807) is 0 Å². The Kier molecular flexibility index (Phi) is 7.77. The normalized spacial score (nSPS) is 12.2. The largest absolute Gasteiger partial charge is 0.490 e. The first kappa shape index (κ1) is 23.6. The number of benzene rings is 1. The summed E-state index contributed by atoms with van der Waals surface area (Å²) < 4.78 is 34.9. The number of rotatable bonds is 5. The molecule has 0 radical (unpaired) electrons. The molecule has 0 bridgehead atoms. The summed E-state index contributed by atoms with van der Waals surface area (Å²) in [5, 5.41) is 10.6. The maximum atomic E-state index is 10.6. The van der Waals surface area contributed by atoms with Crippen molar-refractivity contribution in [3.8, 4) is 0 Å². The van der Waals surface area contributed by atoms with Gasteiger partial charge >= 0.3 is 12.1 Å². The Bertz CT molecular complexity index is 1020. The van der Waals surface area contributed by atoms with Gasteiger partial charge in [-0.25, -0.2) is 19.7 Å². The number of imidazole rings is 1. The minimum atomic E-state index is -5.08. The zero-order valence-corrected chi connectivity index (χ0v) is 18.1. The maximum Gasteiger partial charge on any atom is 0.490 e. The van der Waals surface area contributed by atoms with Gasteiger partial charge in [0.05, 0.1) is 16.7 Å². The Labute approximate surface area is 179 Å². The lowest BCUT2D eigenvalue weighted by Gasteiger charge is -2.18. The smallest absolute Gasteiger partial charge is 0.475 e. The number of aliphatic carboxylic acids is 1. The number of fused-ring (bicyclic) bond motifs is 1. The van der Waals surface area contributed by atoms with Crippen molar-refractivity contribution >= 4 is 38.8 Å². The van der Waals surface area contributed by atoms with Crippen molar-refractivity contribution in [3.05, 3.63) is 46.6 Å². The molecule has 0 spiro atoms. The van der Waals surface area contributed by atoms with Crippen LogP contribution in [0.2, 0.25) is 0 Å². The van der Waals surface area contributed by atoms with Crippen LogP contribution in [0.15, 0.2) is 35.1 Å². The quantitative estimate of drug-likeness (QED) is 0.546. The number of hydrogen-bond donors (Lipinski definition) is 2. The lowest BCUT2D eigenvalue weighted by molar-refractivity contribution is -0.192. The molecule has 0 aliphatic rings. The summed E-state index contributed by atoms with van der Waals surface area (Å²) in [5.74, 6) is -0.817. The van der Waals surface area contributed by atoms with Gasteiger partial charge in [-0.15, -0.1) is 0 Å². The van der Waals surface area contributed by atoms with Gasteiger partial charge in [-0.1, -0.05) is 22.9 Å². The van der Waals surface area contributed by atoms with Crippen molar-refractivity contribution in [1.29, 1.82) is 0 Å². The SMILES string of the molecule is CCc1nccn1CC(C)Nc1nc2ccc(Br)cc2nc1C.O=C(O)C(F)(F)F. The number of aromatic nitrogens is 4. The highest BCUT2D eigenvalue weighted by molar-refractivity contribution is 9.10. The fourth-order valence-electron chi connectivity index (χ4n) is 2.65. The number of carboxylic acid groups (broad SMARTS) is 1. The highest BCUT2D eigenvalue weighted by Gasteiger charge is 2.38. The van der Waals surface area contributed by atoms with E-state index in [0.29, 0.717) is 0 Å². The van der Waals surface area contributed by atoms with Gasteiger partial charge in [0.15, 0.2) is 0 Å². The Balaban J connectivity index is 0.000000396. The third-order valence-electron chi connectivity index (χ3n) is 4.01. The second kappa shape index (κ2) is 9.88. The number of nitrogens with one attached hydrogen (secondary N) is 1. The molecule has 11 heteroatoms. The molecule has 0 saturated heterocycles. The van der Waals surface area contributed by atoms with Crippen LogP contribution in [-0.2, 0) is 17.8 Å². The minimum Gasteiger partial charge on any atom is -0.475 e. The third kappa shape index (κ3) is 6.41. The molecule has 0 aliphatic heterocycles. The van der Waals surface area contributed by atoms with Gasteiger partial charge in [0.2, 0.25) is 0 Å². The number of anilines is 1. The van der Waals surface area contributed by atoms with Crippen LogP contribution in [0.1, 0.15) is 25.4 Å². The second-order valence-corrected chi connectivity index (χ2v) is 7.40. The van der Waals surface area contributed by atoms with Crippen LogP contribution in [0.3, 0.4) is 0 Å². The molecular formula is C19H21BrF3N5O2. The monoisotopic (exact) mass is 487 g/mol. The van der Waals surface area contributed by atoms with E-state index in [1.807, 2.05) is 37.5 Å². The highest BCUT2D eigenvalue weighted by atomic mass is 79.9. The molecule has 0 fully saturated rings. The second-order valence-electron chi connectivity index (χ2n) is 6.49. The van der Waals surface area contributed by atoms with Gasteiger partial charge < -0.3 is 15.0 Å². The number of nitrogens with zero attached hydrogens (tertiary/aromatic N) is 4. The zero-order valence-electron chi connectivity index (χ0n) is 16.5. The molecule has 1 aromatic carbocycles. The molecule has 2 N–H and O–H groups in total. The average Bonchev–Trinajstić information content (AvgIpc) is 3.09. The fourth-order valence-corrected chi connectivity index (χ4v) is 3.00. The van der Waals surface area contributed by atoms with E-state index in [4.69, 9.17) is 14.9 Å². The summed E-state index contributed by atoms with van der Waals surface area (Å²) in [6, 6.07) is 6.18. The number of halogens is 4. The Morgan fingerprint density at radius 3 is 2.57 bits per heavy atom. The molecule has 0 saturated carbocycles. The first-order chi connectivity index (χ1) is 14.0. The summed E-state index contributed by atoms with van der Waals surface area (Å²) >= 11 is 3.47. The van der Waals surface area contributed by atoms with Crippen LogP contribution >= 0.6 is 15.9 Å². The van der Waals surface area contributed by atoms with Gasteiger partial charge in [0.1, 0.15) is 11.6 Å². The summed E-state index contributed by atoms with van der Waals surface area (Å²) in [5.41, 5.74) is 2.70. The standard InChI is InChI=1S/C17H20BrN5.C2HF3O2/c1-4-16-19-7-8-23(16)10-11(2)20-17-12(3)21-15-9-13(18)5-6-14(15)22-17;3-2(4,5)1(6)7/h5-9,11H,4,10H2,1-3H3,(H,20,22);(H,6,7). The minimum absolute atomic E-state index is 0.232. The average molecular weight is 488 g/mol.